The minimum absolute atomic E-state index is 0.142. The van der Waals surface area contributed by atoms with E-state index in [-0.39, 0.29) is 6.03 Å². The SMILES string of the molecule is Cc1ccc(NC(=O)NCC2CCN(c3ncccn3)CC2)cc1C. The van der Waals surface area contributed by atoms with Crippen molar-refractivity contribution in [1.82, 2.24) is 15.3 Å². The van der Waals surface area contributed by atoms with Crippen molar-refractivity contribution in [2.75, 3.05) is 29.9 Å². The second-order valence-corrected chi connectivity index (χ2v) is 6.61. The summed E-state index contributed by atoms with van der Waals surface area (Å²) in [6, 6.07) is 7.63. The van der Waals surface area contributed by atoms with Crippen molar-refractivity contribution in [2.24, 2.45) is 5.92 Å². The minimum atomic E-state index is -0.142. The number of benzene rings is 1. The van der Waals surface area contributed by atoms with Crippen molar-refractivity contribution in [1.29, 1.82) is 0 Å². The molecule has 1 fully saturated rings. The monoisotopic (exact) mass is 339 g/mol. The van der Waals surface area contributed by atoms with Gasteiger partial charge in [-0.25, -0.2) is 14.8 Å². The van der Waals surface area contributed by atoms with E-state index in [1.807, 2.05) is 31.2 Å². The number of aryl methyl sites for hydroxylation is 2. The van der Waals surface area contributed by atoms with Crippen LogP contribution >= 0.6 is 0 Å². The number of anilines is 2. The van der Waals surface area contributed by atoms with Crippen LogP contribution in [0.4, 0.5) is 16.4 Å². The summed E-state index contributed by atoms with van der Waals surface area (Å²) in [6.45, 7) is 6.65. The molecule has 2 aromatic rings. The molecular weight excluding hydrogens is 314 g/mol. The number of hydrogen-bond donors (Lipinski definition) is 2. The first-order valence-corrected chi connectivity index (χ1v) is 8.76. The summed E-state index contributed by atoms with van der Waals surface area (Å²) in [5.74, 6) is 1.28. The van der Waals surface area contributed by atoms with Crippen molar-refractivity contribution in [3.63, 3.8) is 0 Å². The molecule has 1 aliphatic heterocycles. The molecule has 0 radical (unpaired) electrons. The Labute approximate surface area is 148 Å². The van der Waals surface area contributed by atoms with Crippen LogP contribution < -0.4 is 15.5 Å². The maximum atomic E-state index is 12.1. The first-order valence-electron chi connectivity index (χ1n) is 8.76. The molecule has 0 atom stereocenters. The Bertz CT molecular complexity index is 711. The van der Waals surface area contributed by atoms with Gasteiger partial charge < -0.3 is 15.5 Å². The second-order valence-electron chi connectivity index (χ2n) is 6.61. The van der Waals surface area contributed by atoms with Gasteiger partial charge in [0, 0.05) is 37.7 Å². The zero-order valence-electron chi connectivity index (χ0n) is 14.8. The number of nitrogens with one attached hydrogen (secondary N) is 2. The van der Waals surface area contributed by atoms with E-state index in [4.69, 9.17) is 0 Å². The Kier molecular flexibility index (Phi) is 5.48. The Hall–Kier alpha value is -2.63. The first-order chi connectivity index (χ1) is 12.1. The molecule has 25 heavy (non-hydrogen) atoms. The summed E-state index contributed by atoms with van der Waals surface area (Å²) >= 11 is 0. The van der Waals surface area contributed by atoms with Crippen LogP contribution in [-0.2, 0) is 0 Å². The van der Waals surface area contributed by atoms with Crippen LogP contribution in [0.2, 0.25) is 0 Å². The topological polar surface area (TPSA) is 70.2 Å². The minimum Gasteiger partial charge on any atom is -0.341 e. The average molecular weight is 339 g/mol. The molecule has 0 saturated carbocycles. The number of amides is 2. The van der Waals surface area contributed by atoms with Crippen LogP contribution in [0.3, 0.4) is 0 Å². The number of urea groups is 1. The molecule has 0 bridgehead atoms. The number of carbonyl (C=O) groups is 1. The number of hydrogen-bond acceptors (Lipinski definition) is 4. The fourth-order valence-electron chi connectivity index (χ4n) is 3.02. The molecule has 0 aliphatic carbocycles. The van der Waals surface area contributed by atoms with Gasteiger partial charge in [0.1, 0.15) is 0 Å². The first kappa shape index (κ1) is 17.2. The number of piperidine rings is 1. The molecular formula is C19H25N5O. The van der Waals surface area contributed by atoms with Gasteiger partial charge >= 0.3 is 6.03 Å². The summed E-state index contributed by atoms with van der Waals surface area (Å²) in [6.07, 6.45) is 5.60. The molecule has 0 unspecified atom stereocenters. The molecule has 2 N–H and O–H groups in total. The third-order valence-electron chi connectivity index (χ3n) is 4.77. The van der Waals surface area contributed by atoms with Crippen molar-refractivity contribution in [3.05, 3.63) is 47.8 Å². The highest BCUT2D eigenvalue weighted by Gasteiger charge is 2.21. The van der Waals surface area contributed by atoms with E-state index in [2.05, 4.69) is 32.4 Å². The van der Waals surface area contributed by atoms with Crippen LogP contribution in [0, 0.1) is 19.8 Å². The maximum Gasteiger partial charge on any atom is 0.319 e. The molecule has 2 heterocycles. The van der Waals surface area contributed by atoms with Gasteiger partial charge in [0.15, 0.2) is 0 Å². The van der Waals surface area contributed by atoms with E-state index in [9.17, 15) is 4.79 Å². The van der Waals surface area contributed by atoms with E-state index >= 15 is 0 Å². The molecule has 1 aromatic carbocycles. The largest absolute Gasteiger partial charge is 0.341 e. The van der Waals surface area contributed by atoms with Gasteiger partial charge in [-0.1, -0.05) is 6.07 Å². The van der Waals surface area contributed by atoms with E-state index in [0.717, 1.165) is 37.6 Å². The molecule has 6 nitrogen and oxygen atoms in total. The van der Waals surface area contributed by atoms with Gasteiger partial charge in [0.25, 0.3) is 0 Å². The Morgan fingerprint density at radius 1 is 1.16 bits per heavy atom. The molecule has 1 aromatic heterocycles. The summed E-state index contributed by atoms with van der Waals surface area (Å²) in [5.41, 5.74) is 3.23. The number of rotatable bonds is 4. The van der Waals surface area contributed by atoms with Crippen LogP contribution in [0.5, 0.6) is 0 Å². The Morgan fingerprint density at radius 2 is 1.88 bits per heavy atom. The number of carbonyl (C=O) groups excluding carboxylic acids is 1. The Morgan fingerprint density at radius 3 is 2.56 bits per heavy atom. The number of nitrogens with zero attached hydrogens (tertiary/aromatic N) is 3. The molecule has 1 aliphatic rings. The highest BCUT2D eigenvalue weighted by molar-refractivity contribution is 5.89. The lowest BCUT2D eigenvalue weighted by Gasteiger charge is -2.31. The maximum absolute atomic E-state index is 12.1. The molecule has 132 valence electrons. The van der Waals surface area contributed by atoms with Gasteiger partial charge in [0.2, 0.25) is 5.95 Å². The van der Waals surface area contributed by atoms with Crippen molar-refractivity contribution >= 4 is 17.7 Å². The summed E-state index contributed by atoms with van der Waals surface area (Å²) in [4.78, 5) is 22.9. The third-order valence-corrected chi connectivity index (χ3v) is 4.77. The summed E-state index contributed by atoms with van der Waals surface area (Å²) < 4.78 is 0. The lowest BCUT2D eigenvalue weighted by molar-refractivity contribution is 0.248. The molecule has 0 spiro atoms. The lowest BCUT2D eigenvalue weighted by atomic mass is 9.97. The summed E-state index contributed by atoms with van der Waals surface area (Å²) in [7, 11) is 0. The van der Waals surface area contributed by atoms with Gasteiger partial charge in [-0.05, 0) is 61.9 Å². The van der Waals surface area contributed by atoms with Crippen molar-refractivity contribution in [3.8, 4) is 0 Å². The zero-order chi connectivity index (χ0) is 17.6. The van der Waals surface area contributed by atoms with E-state index in [1.165, 1.54) is 11.1 Å². The molecule has 2 amide bonds. The van der Waals surface area contributed by atoms with Crippen LogP contribution in [0.25, 0.3) is 0 Å². The van der Waals surface area contributed by atoms with Gasteiger partial charge in [-0.3, -0.25) is 0 Å². The predicted octanol–water partition coefficient (Wildman–Crippen LogP) is 3.13. The second kappa shape index (κ2) is 7.96. The smallest absolute Gasteiger partial charge is 0.319 e. The number of aromatic nitrogens is 2. The highest BCUT2D eigenvalue weighted by atomic mass is 16.2. The zero-order valence-corrected chi connectivity index (χ0v) is 14.8. The normalized spacial score (nSPS) is 15.0. The molecule has 6 heteroatoms. The van der Waals surface area contributed by atoms with E-state index in [1.54, 1.807) is 12.4 Å². The molecule has 1 saturated heterocycles. The predicted molar refractivity (Wildman–Crippen MR) is 99.9 cm³/mol. The van der Waals surface area contributed by atoms with Crippen LogP contribution in [0.15, 0.2) is 36.7 Å². The van der Waals surface area contributed by atoms with Gasteiger partial charge in [0.05, 0.1) is 0 Å². The average Bonchev–Trinajstić information content (AvgIpc) is 2.64. The van der Waals surface area contributed by atoms with Gasteiger partial charge in [-0.15, -0.1) is 0 Å². The molecule has 3 rings (SSSR count). The fraction of sp³-hybridized carbons (Fsp3) is 0.421. The standard InChI is InChI=1S/C19H25N5O/c1-14-4-5-17(12-15(14)2)23-19(25)22-13-16-6-10-24(11-7-16)18-20-8-3-9-21-18/h3-5,8-9,12,16H,6-7,10-11,13H2,1-2H3,(H2,22,23,25). The van der Waals surface area contributed by atoms with Gasteiger partial charge in [-0.2, -0.15) is 0 Å². The fourth-order valence-corrected chi connectivity index (χ4v) is 3.02. The Balaban J connectivity index is 1.42. The highest BCUT2D eigenvalue weighted by Crippen LogP contribution is 2.19. The van der Waals surface area contributed by atoms with Crippen LogP contribution in [-0.4, -0.2) is 35.6 Å². The van der Waals surface area contributed by atoms with Crippen molar-refractivity contribution in [2.45, 2.75) is 26.7 Å². The lowest BCUT2D eigenvalue weighted by Crippen LogP contribution is -2.40. The third kappa shape index (κ3) is 4.68. The van der Waals surface area contributed by atoms with Crippen molar-refractivity contribution < 1.29 is 4.79 Å². The quantitative estimate of drug-likeness (QED) is 0.898. The van der Waals surface area contributed by atoms with E-state index < -0.39 is 0 Å². The summed E-state index contributed by atoms with van der Waals surface area (Å²) in [5, 5.41) is 5.89. The van der Waals surface area contributed by atoms with Crippen LogP contribution in [0.1, 0.15) is 24.0 Å². The van der Waals surface area contributed by atoms with E-state index in [0.29, 0.717) is 12.5 Å².